The zero-order chi connectivity index (χ0) is 9.54. The summed E-state index contributed by atoms with van der Waals surface area (Å²) in [6.45, 7) is 2.08. The van der Waals surface area contributed by atoms with Gasteiger partial charge in [0.05, 0.1) is 23.5 Å². The average molecular weight is 246 g/mol. The monoisotopic (exact) mass is 245 g/mol. The van der Waals surface area contributed by atoms with Crippen LogP contribution in [0.15, 0.2) is 11.4 Å². The second-order valence-corrected chi connectivity index (χ2v) is 4.25. The lowest BCUT2D eigenvalue weighted by Crippen LogP contribution is -2.27. The molecule has 2 N–H and O–H groups in total. The maximum absolute atomic E-state index is 5.68. The number of aromatic nitrogens is 2. The van der Waals surface area contributed by atoms with Gasteiger partial charge < -0.3 is 10.5 Å². The van der Waals surface area contributed by atoms with E-state index in [0.29, 0.717) is 13.2 Å². The predicted molar refractivity (Wildman–Crippen MR) is 62.6 cm³/mol. The van der Waals surface area contributed by atoms with Crippen LogP contribution in [0.25, 0.3) is 10.2 Å². The van der Waals surface area contributed by atoms with Gasteiger partial charge in [-0.3, -0.25) is 4.68 Å². The molecule has 0 saturated carbocycles. The normalized spacial score (nSPS) is 19.9. The minimum absolute atomic E-state index is 0. The summed E-state index contributed by atoms with van der Waals surface area (Å²) in [4.78, 5) is 0. The molecule has 2 aromatic heterocycles. The molecular formula is C9H12ClN3OS. The Kier molecular flexibility index (Phi) is 2.97. The third kappa shape index (κ3) is 1.56. The van der Waals surface area contributed by atoms with E-state index in [0.717, 1.165) is 17.8 Å². The van der Waals surface area contributed by atoms with Gasteiger partial charge in [-0.25, -0.2) is 0 Å². The van der Waals surface area contributed by atoms with E-state index in [2.05, 4.69) is 10.5 Å². The fourth-order valence-corrected chi connectivity index (χ4v) is 2.82. The van der Waals surface area contributed by atoms with E-state index >= 15 is 0 Å². The van der Waals surface area contributed by atoms with Gasteiger partial charge in [0.25, 0.3) is 0 Å². The number of fused-ring (bicyclic) bond motifs is 3. The second kappa shape index (κ2) is 4.09. The summed E-state index contributed by atoms with van der Waals surface area (Å²) in [7, 11) is 0. The zero-order valence-corrected chi connectivity index (χ0v) is 9.68. The molecule has 15 heavy (non-hydrogen) atoms. The van der Waals surface area contributed by atoms with Crippen LogP contribution in [0, 0.1) is 0 Å². The third-order valence-corrected chi connectivity index (χ3v) is 3.45. The van der Waals surface area contributed by atoms with Gasteiger partial charge in [0.15, 0.2) is 0 Å². The first kappa shape index (κ1) is 10.9. The number of halogens is 1. The molecule has 1 aliphatic rings. The fourth-order valence-electron chi connectivity index (χ4n) is 1.90. The van der Waals surface area contributed by atoms with Gasteiger partial charge in [-0.15, -0.1) is 23.7 Å². The third-order valence-electron chi connectivity index (χ3n) is 2.52. The molecule has 0 amide bonds. The van der Waals surface area contributed by atoms with Crippen molar-refractivity contribution < 1.29 is 4.74 Å². The number of rotatable bonds is 1. The minimum atomic E-state index is 0. The molecule has 0 fully saturated rings. The second-order valence-electron chi connectivity index (χ2n) is 3.34. The molecule has 3 heterocycles. The van der Waals surface area contributed by atoms with Crippen LogP contribution >= 0.6 is 23.7 Å². The Morgan fingerprint density at radius 1 is 1.67 bits per heavy atom. The van der Waals surface area contributed by atoms with Crippen molar-refractivity contribution in [1.82, 2.24) is 9.78 Å². The number of hydrogen-bond donors (Lipinski definition) is 1. The minimum Gasteiger partial charge on any atom is -0.369 e. The van der Waals surface area contributed by atoms with Crippen molar-refractivity contribution in [3.8, 4) is 0 Å². The average Bonchev–Trinajstić information content (AvgIpc) is 2.75. The standard InChI is InChI=1S/C9H11N3OS.ClH/c10-5-7-8-9-6(1-4-14-9)11-12(8)2-3-13-7;/h1,4,7H,2-3,5,10H2;1H. The summed E-state index contributed by atoms with van der Waals surface area (Å²) in [6, 6.07) is 2.04. The van der Waals surface area contributed by atoms with E-state index < -0.39 is 0 Å². The van der Waals surface area contributed by atoms with Crippen LogP contribution in [-0.4, -0.2) is 22.9 Å². The Morgan fingerprint density at radius 3 is 3.33 bits per heavy atom. The SMILES string of the molecule is Cl.NCC1OCCn2nc3ccsc3c21. The lowest BCUT2D eigenvalue weighted by Gasteiger charge is -2.22. The molecule has 1 aliphatic heterocycles. The number of nitrogens with two attached hydrogens (primary N) is 1. The van der Waals surface area contributed by atoms with Crippen molar-refractivity contribution in [3.05, 3.63) is 17.1 Å². The highest BCUT2D eigenvalue weighted by molar-refractivity contribution is 7.17. The van der Waals surface area contributed by atoms with Gasteiger partial charge >= 0.3 is 0 Å². The molecule has 0 aliphatic carbocycles. The molecule has 3 rings (SSSR count). The number of ether oxygens (including phenoxy) is 1. The highest BCUT2D eigenvalue weighted by Crippen LogP contribution is 2.32. The molecule has 0 radical (unpaired) electrons. The summed E-state index contributed by atoms with van der Waals surface area (Å²) in [6.07, 6.45) is 0.0207. The van der Waals surface area contributed by atoms with Gasteiger partial charge in [0, 0.05) is 6.54 Å². The zero-order valence-electron chi connectivity index (χ0n) is 8.05. The van der Waals surface area contributed by atoms with Crippen molar-refractivity contribution in [3.63, 3.8) is 0 Å². The molecule has 4 nitrogen and oxygen atoms in total. The van der Waals surface area contributed by atoms with Crippen LogP contribution in [0.5, 0.6) is 0 Å². The summed E-state index contributed by atoms with van der Waals surface area (Å²) < 4.78 is 8.86. The Balaban J connectivity index is 0.000000853. The van der Waals surface area contributed by atoms with Gasteiger partial charge in [-0.1, -0.05) is 0 Å². The highest BCUT2D eigenvalue weighted by Gasteiger charge is 2.24. The summed E-state index contributed by atoms with van der Waals surface area (Å²) in [5.41, 5.74) is 7.90. The van der Waals surface area contributed by atoms with Crippen molar-refractivity contribution >= 4 is 34.0 Å². The van der Waals surface area contributed by atoms with E-state index in [1.807, 2.05) is 10.7 Å². The number of thiophene rings is 1. The topological polar surface area (TPSA) is 53.1 Å². The van der Waals surface area contributed by atoms with Crippen LogP contribution in [0.1, 0.15) is 11.8 Å². The number of hydrogen-bond acceptors (Lipinski definition) is 4. The van der Waals surface area contributed by atoms with Crippen molar-refractivity contribution in [1.29, 1.82) is 0 Å². The van der Waals surface area contributed by atoms with Gasteiger partial charge in [0.1, 0.15) is 11.6 Å². The lowest BCUT2D eigenvalue weighted by molar-refractivity contribution is 0.0238. The van der Waals surface area contributed by atoms with Gasteiger partial charge in [0.2, 0.25) is 0 Å². The molecule has 82 valence electrons. The van der Waals surface area contributed by atoms with Crippen molar-refractivity contribution in [2.75, 3.05) is 13.2 Å². The highest BCUT2D eigenvalue weighted by atomic mass is 35.5. The van der Waals surface area contributed by atoms with Crippen LogP contribution in [0.3, 0.4) is 0 Å². The Hall–Kier alpha value is -0.620. The smallest absolute Gasteiger partial charge is 0.113 e. The van der Waals surface area contributed by atoms with E-state index in [9.17, 15) is 0 Å². The molecule has 1 atom stereocenters. The summed E-state index contributed by atoms with van der Waals surface area (Å²) >= 11 is 1.71. The first-order valence-corrected chi connectivity index (χ1v) is 5.53. The fraction of sp³-hybridized carbons (Fsp3) is 0.444. The Morgan fingerprint density at radius 2 is 2.53 bits per heavy atom. The van der Waals surface area contributed by atoms with Crippen LogP contribution in [0.4, 0.5) is 0 Å². The largest absolute Gasteiger partial charge is 0.369 e. The molecule has 2 aromatic rings. The summed E-state index contributed by atoms with van der Waals surface area (Å²) in [5.74, 6) is 0. The van der Waals surface area contributed by atoms with Crippen LogP contribution in [0.2, 0.25) is 0 Å². The van der Waals surface area contributed by atoms with Gasteiger partial charge in [-0.2, -0.15) is 5.10 Å². The van der Waals surface area contributed by atoms with Crippen molar-refractivity contribution in [2.24, 2.45) is 5.73 Å². The first-order chi connectivity index (χ1) is 6.90. The maximum atomic E-state index is 5.68. The quantitative estimate of drug-likeness (QED) is 0.830. The molecule has 0 aromatic carbocycles. The number of nitrogens with zero attached hydrogens (tertiary/aromatic N) is 2. The van der Waals surface area contributed by atoms with Crippen LogP contribution in [-0.2, 0) is 11.3 Å². The van der Waals surface area contributed by atoms with E-state index in [-0.39, 0.29) is 18.5 Å². The predicted octanol–water partition coefficient (Wildman–Crippen LogP) is 1.55. The first-order valence-electron chi connectivity index (χ1n) is 4.65. The molecule has 1 unspecified atom stereocenters. The van der Waals surface area contributed by atoms with Gasteiger partial charge in [-0.05, 0) is 11.4 Å². The molecule has 6 heteroatoms. The molecular weight excluding hydrogens is 234 g/mol. The lowest BCUT2D eigenvalue weighted by atomic mass is 10.2. The van der Waals surface area contributed by atoms with Crippen LogP contribution < -0.4 is 5.73 Å². The van der Waals surface area contributed by atoms with E-state index in [1.165, 1.54) is 4.70 Å². The molecule has 0 bridgehead atoms. The van der Waals surface area contributed by atoms with Crippen molar-refractivity contribution in [2.45, 2.75) is 12.6 Å². The van der Waals surface area contributed by atoms with E-state index in [1.54, 1.807) is 11.3 Å². The van der Waals surface area contributed by atoms with E-state index in [4.69, 9.17) is 10.5 Å². The maximum Gasteiger partial charge on any atom is 0.113 e. The molecule has 0 saturated heterocycles. The summed E-state index contributed by atoms with van der Waals surface area (Å²) in [5, 5.41) is 6.56. The Bertz CT molecular complexity index is 467. The Labute approximate surface area is 97.4 Å². The molecule has 0 spiro atoms.